The molecule has 0 bridgehead atoms. The van der Waals surface area contributed by atoms with E-state index in [0.29, 0.717) is 13.2 Å². The van der Waals surface area contributed by atoms with Gasteiger partial charge in [-0.15, -0.1) is 11.8 Å². The van der Waals surface area contributed by atoms with Crippen molar-refractivity contribution >= 4 is 49.7 Å². The summed E-state index contributed by atoms with van der Waals surface area (Å²) in [5.74, 6) is 9.96. The summed E-state index contributed by atoms with van der Waals surface area (Å²) in [5, 5.41) is 21.5. The van der Waals surface area contributed by atoms with Crippen molar-refractivity contribution < 1.29 is 29.3 Å². The zero-order valence-corrected chi connectivity index (χ0v) is 29.0. The van der Waals surface area contributed by atoms with E-state index in [-0.39, 0.29) is 62.4 Å². The van der Waals surface area contributed by atoms with E-state index in [0.717, 1.165) is 22.6 Å². The Morgan fingerprint density at radius 1 is 0.628 bits per heavy atom. The number of allylic oxidation sites excluding steroid dienone is 2. The van der Waals surface area contributed by atoms with E-state index < -0.39 is 11.9 Å². The average Bonchev–Trinajstić information content (AvgIpc) is 2.94. The first-order valence-electron chi connectivity index (χ1n) is 13.8. The van der Waals surface area contributed by atoms with Gasteiger partial charge in [0, 0.05) is 24.8 Å². The van der Waals surface area contributed by atoms with Gasteiger partial charge in [-0.05, 0) is 102 Å². The van der Waals surface area contributed by atoms with Crippen molar-refractivity contribution in [3.05, 3.63) is 82.0 Å². The quantitative estimate of drug-likeness (QED) is 0.192. The number of benzene rings is 2. The van der Waals surface area contributed by atoms with Crippen molar-refractivity contribution in [1.82, 2.24) is 0 Å². The zero-order valence-electron chi connectivity index (χ0n) is 26.8. The number of carbonyl (C=O) groups excluding carboxylic acids is 2. The van der Waals surface area contributed by atoms with Gasteiger partial charge in [-0.25, -0.2) is 0 Å². The maximum Gasteiger partial charge on any atom is 2.00 e. The van der Waals surface area contributed by atoms with Gasteiger partial charge in [-0.2, -0.15) is 0 Å². The second kappa shape index (κ2) is 21.5. The molecule has 0 heterocycles. The Kier molecular flexibility index (Phi) is 19.9. The molecule has 6 nitrogen and oxygen atoms in total. The molecule has 2 aromatic rings. The van der Waals surface area contributed by atoms with Crippen LogP contribution in [0.15, 0.2) is 70.8 Å². The smallest absolute Gasteiger partial charge is 0.550 e. The molecule has 0 saturated heterocycles. The molecule has 2 atom stereocenters. The number of carboxylic acid groups (broad SMARTS) is 2. The molecule has 0 radical (unpaired) electrons. The minimum Gasteiger partial charge on any atom is -0.550 e. The van der Waals surface area contributed by atoms with Crippen molar-refractivity contribution in [2.24, 2.45) is 0 Å². The number of hydrogen-bond acceptors (Lipinski definition) is 6. The van der Waals surface area contributed by atoms with E-state index in [2.05, 4.69) is 51.4 Å². The van der Waals surface area contributed by atoms with Crippen LogP contribution in [0.5, 0.6) is 11.5 Å². The molecule has 0 aliphatic heterocycles. The fraction of sp³-hybridized carbons (Fsp3) is 0.389. The molecule has 0 amide bonds. The van der Waals surface area contributed by atoms with Gasteiger partial charge < -0.3 is 29.3 Å². The Labute approximate surface area is 287 Å². The van der Waals surface area contributed by atoms with Gasteiger partial charge in [-0.3, -0.25) is 0 Å². The SMILES string of the molecule is CC#C[C@@H](CC(=O)[O-])c1ccc(OCC(C)=C(C)C)cc1.CC#C[C@@H](CC(=O)[O-])c1ccc(OCC(C)=C(C)C)cc1.[Ca+2]. The van der Waals surface area contributed by atoms with Crippen LogP contribution < -0.4 is 19.7 Å². The molecule has 0 N–H and O–H groups in total. The van der Waals surface area contributed by atoms with Crippen LogP contribution >= 0.6 is 0 Å². The summed E-state index contributed by atoms with van der Waals surface area (Å²) in [4.78, 5) is 21.5. The third kappa shape index (κ3) is 16.3. The third-order valence-electron chi connectivity index (χ3n) is 6.56. The number of carboxylic acids is 2. The predicted molar refractivity (Wildman–Crippen MR) is 169 cm³/mol. The van der Waals surface area contributed by atoms with E-state index in [1.54, 1.807) is 13.8 Å². The van der Waals surface area contributed by atoms with Crippen molar-refractivity contribution in [1.29, 1.82) is 0 Å². The molecule has 0 spiro atoms. The van der Waals surface area contributed by atoms with Gasteiger partial charge in [0.2, 0.25) is 0 Å². The second-order valence-electron chi connectivity index (χ2n) is 10.3. The van der Waals surface area contributed by atoms with Gasteiger partial charge in [0.1, 0.15) is 24.7 Å². The Balaban J connectivity index is 0.000000802. The largest absolute Gasteiger partial charge is 2.00 e. The summed E-state index contributed by atoms with van der Waals surface area (Å²) in [6.45, 7) is 16.8. The summed E-state index contributed by atoms with van der Waals surface area (Å²) in [5.41, 5.74) is 6.62. The molecule has 0 unspecified atom stereocenters. The van der Waals surface area contributed by atoms with E-state index in [1.807, 2.05) is 62.4 Å². The van der Waals surface area contributed by atoms with E-state index >= 15 is 0 Å². The van der Waals surface area contributed by atoms with Crippen molar-refractivity contribution in [3.63, 3.8) is 0 Å². The standard InChI is InChI=1S/2C18H22O3.Ca/c2*1-5-6-16(11-18(19)20)15-7-9-17(10-8-15)21-12-14(4)13(2)3;/h2*7-10,16H,11-12H2,1-4H3,(H,19,20);/q;;+2/p-2/t2*16-;/m00./s1. The molecule has 0 fully saturated rings. The molecular weight excluding hydrogens is 568 g/mol. The first-order chi connectivity index (χ1) is 19.9. The Morgan fingerprint density at radius 2 is 0.930 bits per heavy atom. The number of hydrogen-bond donors (Lipinski definition) is 0. The van der Waals surface area contributed by atoms with E-state index in [1.165, 1.54) is 22.3 Å². The normalized spacial score (nSPS) is 10.8. The molecule has 224 valence electrons. The van der Waals surface area contributed by atoms with Crippen LogP contribution in [0, 0.1) is 23.7 Å². The number of rotatable bonds is 12. The number of carbonyl (C=O) groups is 2. The Morgan fingerprint density at radius 3 is 1.16 bits per heavy atom. The first-order valence-corrected chi connectivity index (χ1v) is 13.8. The van der Waals surface area contributed by atoms with Crippen LogP contribution in [0.3, 0.4) is 0 Å². The van der Waals surface area contributed by atoms with Crippen molar-refractivity contribution in [3.8, 4) is 35.2 Å². The molecule has 2 aromatic carbocycles. The minimum absolute atomic E-state index is 0. The number of aliphatic carboxylic acids is 2. The number of ether oxygens (including phenoxy) is 2. The topological polar surface area (TPSA) is 98.7 Å². The summed E-state index contributed by atoms with van der Waals surface area (Å²) >= 11 is 0. The third-order valence-corrected chi connectivity index (χ3v) is 6.56. The fourth-order valence-corrected chi connectivity index (χ4v) is 3.45. The van der Waals surface area contributed by atoms with Crippen molar-refractivity contribution in [2.75, 3.05) is 13.2 Å². The van der Waals surface area contributed by atoms with Crippen LogP contribution in [0.2, 0.25) is 0 Å². The second-order valence-corrected chi connectivity index (χ2v) is 10.3. The Bertz CT molecular complexity index is 1250. The summed E-state index contributed by atoms with van der Waals surface area (Å²) < 4.78 is 11.4. The molecule has 7 heteroatoms. The maximum absolute atomic E-state index is 10.8. The summed E-state index contributed by atoms with van der Waals surface area (Å²) in [7, 11) is 0. The summed E-state index contributed by atoms with van der Waals surface area (Å²) in [6, 6.07) is 14.8. The van der Waals surface area contributed by atoms with E-state index in [4.69, 9.17) is 9.47 Å². The van der Waals surface area contributed by atoms with Crippen LogP contribution in [-0.4, -0.2) is 62.9 Å². The molecule has 2 rings (SSSR count). The zero-order chi connectivity index (χ0) is 31.7. The van der Waals surface area contributed by atoms with Gasteiger partial charge in [0.15, 0.2) is 0 Å². The summed E-state index contributed by atoms with van der Waals surface area (Å²) in [6.07, 6.45) is -0.199. The molecular formula is C36H42CaO6. The van der Waals surface area contributed by atoms with Crippen LogP contribution in [0.4, 0.5) is 0 Å². The first kappa shape index (κ1) is 39.8. The predicted octanol–water partition coefficient (Wildman–Crippen LogP) is 4.96. The molecule has 0 saturated carbocycles. The average molecular weight is 611 g/mol. The van der Waals surface area contributed by atoms with Crippen LogP contribution in [0.25, 0.3) is 0 Å². The maximum atomic E-state index is 10.8. The Hall–Kier alpha value is -3.16. The molecule has 0 aliphatic carbocycles. The monoisotopic (exact) mass is 610 g/mol. The van der Waals surface area contributed by atoms with Gasteiger partial charge in [0.05, 0.1) is 11.8 Å². The van der Waals surface area contributed by atoms with Crippen LogP contribution in [0.1, 0.15) is 91.2 Å². The van der Waals surface area contributed by atoms with Gasteiger partial charge in [-0.1, -0.05) is 47.3 Å². The fourth-order valence-electron chi connectivity index (χ4n) is 3.45. The van der Waals surface area contributed by atoms with Crippen LogP contribution in [-0.2, 0) is 9.59 Å². The molecule has 0 aliphatic rings. The van der Waals surface area contributed by atoms with Gasteiger partial charge >= 0.3 is 37.7 Å². The minimum atomic E-state index is -1.10. The van der Waals surface area contributed by atoms with Gasteiger partial charge in [0.25, 0.3) is 0 Å². The van der Waals surface area contributed by atoms with E-state index in [9.17, 15) is 19.8 Å². The molecule has 0 aromatic heterocycles. The molecule has 43 heavy (non-hydrogen) atoms. The van der Waals surface area contributed by atoms with Crippen molar-refractivity contribution in [2.45, 2.75) is 80.1 Å².